The van der Waals surface area contributed by atoms with Gasteiger partial charge in [0.15, 0.2) is 6.61 Å². The molecule has 2 amide bonds. The van der Waals surface area contributed by atoms with Crippen LogP contribution in [0.3, 0.4) is 0 Å². The zero-order valence-corrected chi connectivity index (χ0v) is 13.0. The van der Waals surface area contributed by atoms with Gasteiger partial charge in [-0.05, 0) is 30.5 Å². The number of benzene rings is 1. The van der Waals surface area contributed by atoms with E-state index in [0.717, 1.165) is 0 Å². The van der Waals surface area contributed by atoms with Gasteiger partial charge >= 0.3 is 6.03 Å². The zero-order valence-electron chi connectivity index (χ0n) is 13.0. The van der Waals surface area contributed by atoms with Gasteiger partial charge in [-0.25, -0.2) is 4.79 Å². The molecule has 0 radical (unpaired) electrons. The van der Waals surface area contributed by atoms with Crippen LogP contribution in [0.2, 0.25) is 0 Å². The van der Waals surface area contributed by atoms with Crippen LogP contribution in [-0.4, -0.2) is 24.1 Å². The molecule has 0 spiro atoms. The number of amides is 2. The van der Waals surface area contributed by atoms with E-state index in [0.29, 0.717) is 11.7 Å². The van der Waals surface area contributed by atoms with Crippen LogP contribution in [0.15, 0.2) is 36.0 Å². The minimum absolute atomic E-state index is 0.142. The summed E-state index contributed by atoms with van der Waals surface area (Å²) in [6.07, 6.45) is 1.33. The third-order valence-electron chi connectivity index (χ3n) is 3.50. The van der Waals surface area contributed by atoms with Crippen molar-refractivity contribution in [3.63, 3.8) is 0 Å². The average Bonchev–Trinajstić information content (AvgIpc) is 2.44. The highest BCUT2D eigenvalue weighted by Crippen LogP contribution is 2.19. The summed E-state index contributed by atoms with van der Waals surface area (Å²) in [6.45, 7) is 5.64. The van der Waals surface area contributed by atoms with Gasteiger partial charge in [-0.3, -0.25) is 4.79 Å². The first kappa shape index (κ1) is 16.0. The summed E-state index contributed by atoms with van der Waals surface area (Å²) in [5.74, 6) is 0.769. The molecule has 0 aliphatic carbocycles. The Hall–Kier alpha value is -2.34. The van der Waals surface area contributed by atoms with Crippen LogP contribution < -0.4 is 21.1 Å². The summed E-state index contributed by atoms with van der Waals surface area (Å²) in [4.78, 5) is 23.4. The molecule has 1 aromatic rings. The fourth-order valence-corrected chi connectivity index (χ4v) is 2.17. The summed E-state index contributed by atoms with van der Waals surface area (Å²) >= 11 is 0. The molecule has 1 aliphatic rings. The van der Waals surface area contributed by atoms with Gasteiger partial charge in [0.2, 0.25) is 5.78 Å². The fraction of sp³-hybridized carbons (Fsp3) is 0.375. The molecular weight excluding hydrogens is 282 g/mol. The number of ether oxygens (including phenoxy) is 1. The maximum absolute atomic E-state index is 12.2. The van der Waals surface area contributed by atoms with E-state index in [1.165, 1.54) is 11.8 Å². The number of carbonyl (C=O) groups excluding carboxylic acids is 2. The number of rotatable bonds is 5. The second-order valence-corrected chi connectivity index (χ2v) is 5.79. The SMILES string of the molecule is CC(C)c1ccc(OCC(=O)C2=CNC(=O)NC2(C)N)cc1. The number of urea groups is 1. The smallest absolute Gasteiger partial charge is 0.320 e. The van der Waals surface area contributed by atoms with E-state index in [1.807, 2.05) is 24.3 Å². The lowest BCUT2D eigenvalue weighted by Gasteiger charge is -2.31. The highest BCUT2D eigenvalue weighted by Gasteiger charge is 2.34. The molecule has 6 nitrogen and oxygen atoms in total. The molecule has 1 aliphatic heterocycles. The van der Waals surface area contributed by atoms with Crippen molar-refractivity contribution in [2.45, 2.75) is 32.4 Å². The predicted octanol–water partition coefficient (Wildman–Crippen LogP) is 1.63. The molecule has 6 heteroatoms. The van der Waals surface area contributed by atoms with Gasteiger partial charge in [0.05, 0.1) is 5.57 Å². The number of ketones is 1. The Morgan fingerprint density at radius 1 is 1.32 bits per heavy atom. The minimum Gasteiger partial charge on any atom is -0.485 e. The van der Waals surface area contributed by atoms with Gasteiger partial charge in [-0.1, -0.05) is 26.0 Å². The number of hydrogen-bond acceptors (Lipinski definition) is 4. The van der Waals surface area contributed by atoms with Crippen LogP contribution in [0, 0.1) is 0 Å². The van der Waals surface area contributed by atoms with Crippen LogP contribution in [-0.2, 0) is 4.79 Å². The average molecular weight is 303 g/mol. The van der Waals surface area contributed by atoms with Crippen molar-refractivity contribution >= 4 is 11.8 Å². The normalized spacial score (nSPS) is 21.0. The number of nitrogens with two attached hydrogens (primary N) is 1. The molecule has 0 saturated carbocycles. The second kappa shape index (κ2) is 6.19. The van der Waals surface area contributed by atoms with E-state index >= 15 is 0 Å². The highest BCUT2D eigenvalue weighted by atomic mass is 16.5. The number of hydrogen-bond donors (Lipinski definition) is 3. The van der Waals surface area contributed by atoms with E-state index in [2.05, 4.69) is 24.5 Å². The summed E-state index contributed by atoms with van der Waals surface area (Å²) in [7, 11) is 0. The van der Waals surface area contributed by atoms with Gasteiger partial charge in [-0.2, -0.15) is 0 Å². The van der Waals surface area contributed by atoms with Gasteiger partial charge < -0.3 is 21.1 Å². The van der Waals surface area contributed by atoms with E-state index in [4.69, 9.17) is 10.5 Å². The number of nitrogens with one attached hydrogen (secondary N) is 2. The van der Waals surface area contributed by atoms with Gasteiger partial charge in [0, 0.05) is 6.20 Å². The van der Waals surface area contributed by atoms with Crippen LogP contribution in [0.5, 0.6) is 5.75 Å². The van der Waals surface area contributed by atoms with Crippen molar-refractivity contribution in [1.82, 2.24) is 10.6 Å². The summed E-state index contributed by atoms with van der Waals surface area (Å²) in [5.41, 5.74) is 6.19. The Morgan fingerprint density at radius 2 is 1.95 bits per heavy atom. The molecular formula is C16H21N3O3. The molecule has 0 bridgehead atoms. The Kier molecular flexibility index (Phi) is 4.51. The largest absolute Gasteiger partial charge is 0.485 e. The van der Waals surface area contributed by atoms with Gasteiger partial charge in [-0.15, -0.1) is 0 Å². The van der Waals surface area contributed by atoms with E-state index < -0.39 is 11.7 Å². The molecule has 1 unspecified atom stereocenters. The molecule has 1 aromatic carbocycles. The molecule has 2 rings (SSSR count). The van der Waals surface area contributed by atoms with Crippen molar-refractivity contribution in [1.29, 1.82) is 0 Å². The van der Waals surface area contributed by atoms with Crippen LogP contribution in [0.25, 0.3) is 0 Å². The maximum atomic E-state index is 12.2. The topological polar surface area (TPSA) is 93.4 Å². The molecule has 1 heterocycles. The van der Waals surface area contributed by atoms with Gasteiger partial charge in [0.1, 0.15) is 11.4 Å². The van der Waals surface area contributed by atoms with Gasteiger partial charge in [0.25, 0.3) is 0 Å². The lowest BCUT2D eigenvalue weighted by atomic mass is 9.98. The van der Waals surface area contributed by atoms with Crippen molar-refractivity contribution in [3.8, 4) is 5.75 Å². The molecule has 0 saturated heterocycles. The third-order valence-corrected chi connectivity index (χ3v) is 3.50. The summed E-state index contributed by atoms with van der Waals surface area (Å²) in [5, 5.41) is 4.91. The predicted molar refractivity (Wildman–Crippen MR) is 83.4 cm³/mol. The van der Waals surface area contributed by atoms with Crippen molar-refractivity contribution in [3.05, 3.63) is 41.6 Å². The Morgan fingerprint density at radius 3 is 2.50 bits per heavy atom. The molecule has 1 atom stereocenters. The van der Waals surface area contributed by atoms with E-state index in [9.17, 15) is 9.59 Å². The Bertz CT molecular complexity index is 604. The number of Topliss-reactive ketones (excluding diaryl/α,β-unsaturated/α-hetero) is 1. The molecule has 22 heavy (non-hydrogen) atoms. The highest BCUT2D eigenvalue weighted by molar-refractivity contribution is 6.00. The van der Waals surface area contributed by atoms with Crippen molar-refractivity contribution < 1.29 is 14.3 Å². The molecule has 0 aromatic heterocycles. The molecule has 0 fully saturated rings. The van der Waals surface area contributed by atoms with Crippen molar-refractivity contribution in [2.24, 2.45) is 5.73 Å². The third kappa shape index (κ3) is 3.65. The zero-order chi connectivity index (χ0) is 16.3. The Balaban J connectivity index is 1.99. The lowest BCUT2D eigenvalue weighted by molar-refractivity contribution is -0.118. The van der Waals surface area contributed by atoms with E-state index in [-0.39, 0.29) is 18.0 Å². The van der Waals surface area contributed by atoms with Crippen LogP contribution in [0.1, 0.15) is 32.3 Å². The van der Waals surface area contributed by atoms with E-state index in [1.54, 1.807) is 6.92 Å². The van der Waals surface area contributed by atoms with Crippen LogP contribution in [0.4, 0.5) is 4.79 Å². The standard InChI is InChI=1S/C16H21N3O3/c1-10(2)11-4-6-12(7-5-11)22-9-14(20)13-8-18-15(21)19-16(13,3)17/h4-8,10H,9,17H2,1-3H3,(H2,18,19,21). The first-order valence-electron chi connectivity index (χ1n) is 7.14. The van der Waals surface area contributed by atoms with Crippen LogP contribution >= 0.6 is 0 Å². The molecule has 4 N–H and O–H groups in total. The quantitative estimate of drug-likeness (QED) is 0.770. The lowest BCUT2D eigenvalue weighted by Crippen LogP contribution is -2.61. The first-order chi connectivity index (χ1) is 10.3. The fourth-order valence-electron chi connectivity index (χ4n) is 2.17. The molecule has 118 valence electrons. The summed E-state index contributed by atoms with van der Waals surface area (Å²) in [6, 6.07) is 7.17. The maximum Gasteiger partial charge on any atom is 0.320 e. The van der Waals surface area contributed by atoms with Crippen molar-refractivity contribution in [2.75, 3.05) is 6.61 Å². The minimum atomic E-state index is -1.20. The second-order valence-electron chi connectivity index (χ2n) is 5.79. The summed E-state index contributed by atoms with van der Waals surface area (Å²) < 4.78 is 5.49. The monoisotopic (exact) mass is 303 g/mol. The number of carbonyl (C=O) groups is 2. The Labute approximate surface area is 129 Å². The first-order valence-corrected chi connectivity index (χ1v) is 7.14.